The van der Waals surface area contributed by atoms with E-state index in [1.807, 2.05) is 6.07 Å². The van der Waals surface area contributed by atoms with Gasteiger partial charge in [-0.2, -0.15) is 5.10 Å². The number of H-pyrrole nitrogens is 2. The molecule has 4 aromatic heterocycles. The monoisotopic (exact) mass is 521 g/mol. The van der Waals surface area contributed by atoms with Crippen molar-refractivity contribution in [1.82, 2.24) is 30.1 Å². The minimum Gasteiger partial charge on any atom is -0.337 e. The first-order chi connectivity index (χ1) is 19.1. The predicted molar refractivity (Wildman–Crippen MR) is 144 cm³/mol. The number of carbonyl (C=O) groups excluding carboxylic acids is 1. The third-order valence-electron chi connectivity index (χ3n) is 7.20. The molecule has 6 aromatic rings. The van der Waals surface area contributed by atoms with Crippen molar-refractivity contribution >= 4 is 33.5 Å². The van der Waals surface area contributed by atoms with E-state index in [0.29, 0.717) is 44.8 Å². The summed E-state index contributed by atoms with van der Waals surface area (Å²) in [5.74, 6) is -0.677. The van der Waals surface area contributed by atoms with Crippen LogP contribution in [0.4, 0.5) is 14.5 Å². The van der Waals surface area contributed by atoms with Crippen molar-refractivity contribution < 1.29 is 13.6 Å². The number of rotatable bonds is 5. The highest BCUT2D eigenvalue weighted by Gasteiger charge is 2.26. The van der Waals surface area contributed by atoms with E-state index in [0.717, 1.165) is 19.3 Å². The van der Waals surface area contributed by atoms with Crippen molar-refractivity contribution in [2.45, 2.75) is 19.3 Å². The molecule has 0 radical (unpaired) electrons. The van der Waals surface area contributed by atoms with E-state index in [1.165, 1.54) is 24.7 Å². The molecule has 1 saturated carbocycles. The number of amides is 1. The SMILES string of the molecule is O=C(Nc1cncc(-c2ncc3[nH]nc(-c4nc5c(-c6ccccc6F)cccc5[nH]4)c3c2F)c1)C1CCC1. The number of hydrogen-bond acceptors (Lipinski definition) is 5. The average Bonchev–Trinajstić information content (AvgIpc) is 3.53. The average molecular weight is 522 g/mol. The number of fused-ring (bicyclic) bond motifs is 2. The fourth-order valence-electron chi connectivity index (χ4n) is 4.94. The summed E-state index contributed by atoms with van der Waals surface area (Å²) in [6.07, 6.45) is 7.32. The second-order valence-corrected chi connectivity index (χ2v) is 9.63. The molecule has 39 heavy (non-hydrogen) atoms. The molecule has 7 rings (SSSR count). The highest BCUT2D eigenvalue weighted by molar-refractivity contribution is 5.98. The maximum atomic E-state index is 16.0. The standard InChI is InChI=1S/C29H21F2N7O/c30-20-9-2-1-7-18(20)19-8-4-10-21-26(19)36-28(35-21)27-23-22(37-38-27)14-33-25(24(23)31)16-11-17(13-32-12-16)34-29(39)15-5-3-6-15/h1-2,4,7-15H,3,5-6H2,(H,34,39)(H,35,36)(H,37,38). The van der Waals surface area contributed by atoms with Crippen LogP contribution in [0.3, 0.4) is 0 Å². The van der Waals surface area contributed by atoms with E-state index < -0.39 is 5.82 Å². The number of hydrogen-bond donors (Lipinski definition) is 3. The molecule has 0 atom stereocenters. The molecule has 0 aliphatic heterocycles. The van der Waals surface area contributed by atoms with Crippen LogP contribution in [0.1, 0.15) is 19.3 Å². The Balaban J connectivity index is 1.30. The molecule has 0 spiro atoms. The Morgan fingerprint density at radius 2 is 1.79 bits per heavy atom. The number of nitrogens with one attached hydrogen (secondary N) is 3. The molecule has 0 saturated heterocycles. The lowest BCUT2D eigenvalue weighted by atomic mass is 9.85. The van der Waals surface area contributed by atoms with Gasteiger partial charge in [-0.15, -0.1) is 0 Å². The molecule has 192 valence electrons. The Hall–Kier alpha value is -4.99. The molecule has 0 unspecified atom stereocenters. The summed E-state index contributed by atoms with van der Waals surface area (Å²) in [6, 6.07) is 13.6. The molecule has 8 nitrogen and oxygen atoms in total. The first kappa shape index (κ1) is 23.2. The topological polar surface area (TPSA) is 112 Å². The number of benzene rings is 2. The van der Waals surface area contributed by atoms with Gasteiger partial charge < -0.3 is 10.3 Å². The molecule has 1 aliphatic carbocycles. The molecule has 1 aliphatic rings. The van der Waals surface area contributed by atoms with Crippen molar-refractivity contribution in [2.24, 2.45) is 5.92 Å². The minimum atomic E-state index is -0.602. The zero-order valence-corrected chi connectivity index (χ0v) is 20.5. The Kier molecular flexibility index (Phi) is 5.39. The fraction of sp³-hybridized carbons (Fsp3) is 0.138. The lowest BCUT2D eigenvalue weighted by Gasteiger charge is -2.24. The van der Waals surface area contributed by atoms with Gasteiger partial charge in [-0.1, -0.05) is 36.8 Å². The lowest BCUT2D eigenvalue weighted by molar-refractivity contribution is -0.122. The van der Waals surface area contributed by atoms with E-state index in [1.54, 1.807) is 36.4 Å². The molecule has 10 heteroatoms. The van der Waals surface area contributed by atoms with Crippen LogP contribution < -0.4 is 5.32 Å². The number of aromatic amines is 2. The molecular weight excluding hydrogens is 500 g/mol. The number of pyridine rings is 2. The zero-order valence-electron chi connectivity index (χ0n) is 20.5. The molecule has 2 aromatic carbocycles. The quantitative estimate of drug-likeness (QED) is 0.248. The molecule has 4 heterocycles. The normalized spacial score (nSPS) is 13.6. The lowest BCUT2D eigenvalue weighted by Crippen LogP contribution is -2.28. The summed E-state index contributed by atoms with van der Waals surface area (Å²) < 4.78 is 30.6. The Morgan fingerprint density at radius 1 is 0.949 bits per heavy atom. The zero-order chi connectivity index (χ0) is 26.5. The Labute approximate surface area is 220 Å². The van der Waals surface area contributed by atoms with Crippen LogP contribution in [0.5, 0.6) is 0 Å². The van der Waals surface area contributed by atoms with E-state index in [9.17, 15) is 9.18 Å². The van der Waals surface area contributed by atoms with E-state index in [-0.39, 0.29) is 34.4 Å². The third-order valence-corrected chi connectivity index (χ3v) is 7.20. The summed E-state index contributed by atoms with van der Waals surface area (Å²) >= 11 is 0. The number of nitrogens with zero attached hydrogens (tertiary/aromatic N) is 4. The maximum Gasteiger partial charge on any atom is 0.227 e. The predicted octanol–water partition coefficient (Wildman–Crippen LogP) is 6.25. The smallest absolute Gasteiger partial charge is 0.227 e. The number of para-hydroxylation sites is 1. The van der Waals surface area contributed by atoms with Gasteiger partial charge in [0.2, 0.25) is 5.91 Å². The van der Waals surface area contributed by atoms with Gasteiger partial charge in [0.15, 0.2) is 11.6 Å². The van der Waals surface area contributed by atoms with Crippen LogP contribution in [0.25, 0.3) is 55.8 Å². The highest BCUT2D eigenvalue weighted by atomic mass is 19.1. The number of anilines is 1. The van der Waals surface area contributed by atoms with Gasteiger partial charge >= 0.3 is 0 Å². The molecule has 3 N–H and O–H groups in total. The summed E-state index contributed by atoms with van der Waals surface area (Å²) in [4.78, 5) is 28.8. The van der Waals surface area contributed by atoms with Gasteiger partial charge in [-0.05, 0) is 31.0 Å². The van der Waals surface area contributed by atoms with E-state index in [2.05, 4.69) is 30.5 Å². The van der Waals surface area contributed by atoms with Gasteiger partial charge in [0.1, 0.15) is 17.2 Å². The second-order valence-electron chi connectivity index (χ2n) is 9.63. The van der Waals surface area contributed by atoms with Gasteiger partial charge in [0, 0.05) is 28.8 Å². The van der Waals surface area contributed by atoms with Crippen molar-refractivity contribution in [3.8, 4) is 33.9 Å². The van der Waals surface area contributed by atoms with Crippen LogP contribution in [-0.4, -0.2) is 36.0 Å². The third kappa shape index (κ3) is 3.92. The van der Waals surface area contributed by atoms with Crippen molar-refractivity contribution in [3.63, 3.8) is 0 Å². The van der Waals surface area contributed by atoms with Gasteiger partial charge in [0.25, 0.3) is 0 Å². The van der Waals surface area contributed by atoms with Crippen LogP contribution in [0.15, 0.2) is 67.1 Å². The number of halogens is 2. The number of imidazole rings is 1. The van der Waals surface area contributed by atoms with Crippen molar-refractivity contribution in [1.29, 1.82) is 0 Å². The van der Waals surface area contributed by atoms with Crippen LogP contribution in [0, 0.1) is 17.6 Å². The van der Waals surface area contributed by atoms with Crippen molar-refractivity contribution in [2.75, 3.05) is 5.32 Å². The Morgan fingerprint density at radius 3 is 2.62 bits per heavy atom. The maximum absolute atomic E-state index is 16.0. The van der Waals surface area contributed by atoms with Crippen LogP contribution >= 0.6 is 0 Å². The molecule has 1 fully saturated rings. The van der Waals surface area contributed by atoms with Gasteiger partial charge in [-0.3, -0.25) is 19.9 Å². The summed E-state index contributed by atoms with van der Waals surface area (Å²) in [6.45, 7) is 0. The number of aromatic nitrogens is 6. The summed E-state index contributed by atoms with van der Waals surface area (Å²) in [5.41, 5.74) is 3.87. The largest absolute Gasteiger partial charge is 0.337 e. The number of carbonyl (C=O) groups is 1. The molecule has 1 amide bonds. The minimum absolute atomic E-state index is 0.0102. The van der Waals surface area contributed by atoms with Gasteiger partial charge in [-0.25, -0.2) is 13.8 Å². The van der Waals surface area contributed by atoms with Crippen LogP contribution in [-0.2, 0) is 4.79 Å². The highest BCUT2D eigenvalue weighted by Crippen LogP contribution is 2.35. The molecular formula is C29H21F2N7O. The Bertz CT molecular complexity index is 1890. The molecule has 0 bridgehead atoms. The fourth-order valence-corrected chi connectivity index (χ4v) is 4.94. The van der Waals surface area contributed by atoms with E-state index >= 15 is 4.39 Å². The summed E-state index contributed by atoms with van der Waals surface area (Å²) in [5, 5.41) is 10.2. The first-order valence-electron chi connectivity index (χ1n) is 12.6. The summed E-state index contributed by atoms with van der Waals surface area (Å²) in [7, 11) is 0. The first-order valence-corrected chi connectivity index (χ1v) is 12.6. The van der Waals surface area contributed by atoms with Gasteiger partial charge in [0.05, 0.1) is 40.0 Å². The van der Waals surface area contributed by atoms with Crippen molar-refractivity contribution in [3.05, 3.63) is 78.8 Å². The van der Waals surface area contributed by atoms with E-state index in [4.69, 9.17) is 4.98 Å². The second kappa shape index (κ2) is 9.09. The van der Waals surface area contributed by atoms with Crippen LogP contribution in [0.2, 0.25) is 0 Å².